The zero-order valence-corrected chi connectivity index (χ0v) is 18.7. The number of benzene rings is 2. The number of nitrogens with one attached hydrogen (secondary N) is 1. The highest BCUT2D eigenvalue weighted by atomic mass is 32.2. The molecule has 0 atom stereocenters. The first-order valence-corrected chi connectivity index (χ1v) is 11.0. The summed E-state index contributed by atoms with van der Waals surface area (Å²) in [5.74, 6) is 0.853. The van der Waals surface area contributed by atoms with Gasteiger partial charge in [-0.3, -0.25) is 13.9 Å². The first-order chi connectivity index (χ1) is 14.9. The Morgan fingerprint density at radius 1 is 1.03 bits per heavy atom. The van der Waals surface area contributed by atoms with E-state index in [0.29, 0.717) is 17.4 Å². The van der Waals surface area contributed by atoms with Gasteiger partial charge in [-0.05, 0) is 32.0 Å². The molecule has 0 fully saturated rings. The number of hydrogen-bond donors (Lipinski definition) is 1. The molecule has 0 radical (unpaired) electrons. The van der Waals surface area contributed by atoms with Gasteiger partial charge in [0.1, 0.15) is 0 Å². The SMILES string of the molecule is CCn1c(SCC(=O)Nc2ccc3c(c2)n(C)c(=O)n3C)nnc1-c1ccc(C)cc1. The van der Waals surface area contributed by atoms with Crippen molar-refractivity contribution in [1.82, 2.24) is 23.9 Å². The molecule has 0 bridgehead atoms. The van der Waals surface area contributed by atoms with Crippen molar-refractivity contribution < 1.29 is 4.79 Å². The summed E-state index contributed by atoms with van der Waals surface area (Å²) in [7, 11) is 3.45. The second-order valence-corrected chi connectivity index (χ2v) is 8.30. The van der Waals surface area contributed by atoms with Gasteiger partial charge in [0.25, 0.3) is 0 Å². The van der Waals surface area contributed by atoms with Crippen LogP contribution in [0.3, 0.4) is 0 Å². The summed E-state index contributed by atoms with van der Waals surface area (Å²) < 4.78 is 5.16. The molecule has 4 aromatic rings. The Morgan fingerprint density at radius 2 is 1.74 bits per heavy atom. The summed E-state index contributed by atoms with van der Waals surface area (Å²) in [5, 5.41) is 12.2. The van der Waals surface area contributed by atoms with Crippen molar-refractivity contribution in [1.29, 1.82) is 0 Å². The van der Waals surface area contributed by atoms with Crippen LogP contribution in [0.2, 0.25) is 0 Å². The van der Waals surface area contributed by atoms with Gasteiger partial charge < -0.3 is 9.88 Å². The molecule has 0 saturated carbocycles. The number of amides is 1. The molecule has 160 valence electrons. The summed E-state index contributed by atoms with van der Waals surface area (Å²) in [6.45, 7) is 4.78. The van der Waals surface area contributed by atoms with Crippen molar-refractivity contribution in [2.45, 2.75) is 25.5 Å². The zero-order valence-electron chi connectivity index (χ0n) is 17.9. The van der Waals surface area contributed by atoms with Crippen LogP contribution >= 0.6 is 11.8 Å². The molecule has 8 nitrogen and oxygen atoms in total. The number of aryl methyl sites for hydroxylation is 3. The average molecular weight is 437 g/mol. The van der Waals surface area contributed by atoms with Gasteiger partial charge in [-0.2, -0.15) is 0 Å². The van der Waals surface area contributed by atoms with Gasteiger partial charge in [0.2, 0.25) is 5.91 Å². The summed E-state index contributed by atoms with van der Waals surface area (Å²) in [5.41, 5.74) is 4.32. The van der Waals surface area contributed by atoms with E-state index < -0.39 is 0 Å². The maximum Gasteiger partial charge on any atom is 0.328 e. The highest BCUT2D eigenvalue weighted by Gasteiger charge is 2.15. The summed E-state index contributed by atoms with van der Waals surface area (Å²) >= 11 is 1.35. The minimum atomic E-state index is -0.146. The Balaban J connectivity index is 1.47. The summed E-state index contributed by atoms with van der Waals surface area (Å²) in [4.78, 5) is 24.6. The van der Waals surface area contributed by atoms with E-state index in [2.05, 4.69) is 15.5 Å². The van der Waals surface area contributed by atoms with E-state index in [1.54, 1.807) is 29.3 Å². The van der Waals surface area contributed by atoms with Crippen molar-refractivity contribution in [3.8, 4) is 11.4 Å². The number of anilines is 1. The molecule has 2 aromatic heterocycles. The number of imidazole rings is 1. The number of thioether (sulfide) groups is 1. The second-order valence-electron chi connectivity index (χ2n) is 7.36. The molecule has 9 heteroatoms. The van der Waals surface area contributed by atoms with Crippen LogP contribution in [0.1, 0.15) is 12.5 Å². The smallest absolute Gasteiger partial charge is 0.325 e. The summed E-state index contributed by atoms with van der Waals surface area (Å²) in [6, 6.07) is 13.6. The predicted octanol–water partition coefficient (Wildman–Crippen LogP) is 3.19. The van der Waals surface area contributed by atoms with Gasteiger partial charge in [-0.15, -0.1) is 10.2 Å². The lowest BCUT2D eigenvalue weighted by molar-refractivity contribution is -0.113. The first-order valence-electron chi connectivity index (χ1n) is 9.97. The van der Waals surface area contributed by atoms with Crippen LogP contribution in [0.15, 0.2) is 52.4 Å². The fourth-order valence-corrected chi connectivity index (χ4v) is 4.31. The highest BCUT2D eigenvalue weighted by Crippen LogP contribution is 2.25. The van der Waals surface area contributed by atoms with Crippen molar-refractivity contribution in [3.05, 3.63) is 58.5 Å². The Morgan fingerprint density at radius 3 is 2.45 bits per heavy atom. The van der Waals surface area contributed by atoms with Gasteiger partial charge in [0.15, 0.2) is 11.0 Å². The number of hydrogen-bond acceptors (Lipinski definition) is 5. The molecule has 4 rings (SSSR count). The van der Waals surface area contributed by atoms with Gasteiger partial charge in [-0.1, -0.05) is 41.6 Å². The fourth-order valence-electron chi connectivity index (χ4n) is 3.51. The monoisotopic (exact) mass is 436 g/mol. The largest absolute Gasteiger partial charge is 0.328 e. The average Bonchev–Trinajstić information content (AvgIpc) is 3.27. The number of aromatic nitrogens is 5. The Bertz CT molecular complexity index is 1320. The van der Waals surface area contributed by atoms with Crippen LogP contribution in [-0.2, 0) is 25.4 Å². The maximum absolute atomic E-state index is 12.5. The molecule has 0 spiro atoms. The molecule has 31 heavy (non-hydrogen) atoms. The van der Waals surface area contributed by atoms with E-state index in [-0.39, 0.29) is 17.3 Å². The van der Waals surface area contributed by atoms with Crippen LogP contribution in [0, 0.1) is 6.92 Å². The minimum Gasteiger partial charge on any atom is -0.325 e. The molecule has 0 saturated heterocycles. The molecule has 0 aliphatic carbocycles. The quantitative estimate of drug-likeness (QED) is 0.469. The van der Waals surface area contributed by atoms with Gasteiger partial charge in [-0.25, -0.2) is 4.79 Å². The van der Waals surface area contributed by atoms with Gasteiger partial charge in [0.05, 0.1) is 16.8 Å². The number of rotatable bonds is 6. The lowest BCUT2D eigenvalue weighted by atomic mass is 10.1. The third kappa shape index (κ3) is 4.00. The summed E-state index contributed by atoms with van der Waals surface area (Å²) in [6.07, 6.45) is 0. The van der Waals surface area contributed by atoms with Crippen LogP contribution in [0.5, 0.6) is 0 Å². The van der Waals surface area contributed by atoms with Crippen molar-refractivity contribution in [2.24, 2.45) is 14.1 Å². The van der Waals surface area contributed by atoms with E-state index in [0.717, 1.165) is 22.4 Å². The van der Waals surface area contributed by atoms with Crippen molar-refractivity contribution in [3.63, 3.8) is 0 Å². The Hall–Kier alpha value is -3.33. The third-order valence-electron chi connectivity index (χ3n) is 5.23. The van der Waals surface area contributed by atoms with E-state index in [1.807, 2.05) is 54.8 Å². The predicted molar refractivity (Wildman–Crippen MR) is 123 cm³/mol. The number of carbonyl (C=O) groups excluding carboxylic acids is 1. The third-order valence-corrected chi connectivity index (χ3v) is 6.20. The lowest BCUT2D eigenvalue weighted by Gasteiger charge is -2.08. The fraction of sp³-hybridized carbons (Fsp3) is 0.273. The Kier molecular flexibility index (Phi) is 5.69. The molecule has 0 aliphatic heterocycles. The van der Waals surface area contributed by atoms with Crippen LogP contribution in [0.25, 0.3) is 22.4 Å². The van der Waals surface area contributed by atoms with E-state index in [9.17, 15) is 9.59 Å². The molecule has 2 heterocycles. The first kappa shape index (κ1) is 20.9. The van der Waals surface area contributed by atoms with E-state index >= 15 is 0 Å². The molecule has 2 aromatic carbocycles. The molecule has 1 amide bonds. The second kappa shape index (κ2) is 8.43. The maximum atomic E-state index is 12.5. The lowest BCUT2D eigenvalue weighted by Crippen LogP contribution is -2.19. The zero-order chi connectivity index (χ0) is 22.1. The molecular formula is C22H24N6O2S. The van der Waals surface area contributed by atoms with Gasteiger partial charge in [0, 0.05) is 31.9 Å². The van der Waals surface area contributed by atoms with Crippen molar-refractivity contribution >= 4 is 34.4 Å². The topological polar surface area (TPSA) is 86.7 Å². The minimum absolute atomic E-state index is 0.0997. The van der Waals surface area contributed by atoms with Crippen molar-refractivity contribution in [2.75, 3.05) is 11.1 Å². The van der Waals surface area contributed by atoms with Crippen LogP contribution < -0.4 is 11.0 Å². The number of fused-ring (bicyclic) bond motifs is 1. The normalized spacial score (nSPS) is 11.2. The van der Waals surface area contributed by atoms with Crippen LogP contribution in [0.4, 0.5) is 5.69 Å². The Labute approximate surface area is 183 Å². The number of nitrogens with zero attached hydrogens (tertiary/aromatic N) is 5. The van der Waals surface area contributed by atoms with E-state index in [4.69, 9.17) is 0 Å². The highest BCUT2D eigenvalue weighted by molar-refractivity contribution is 7.99. The standard InChI is InChI=1S/C22H24N6O2S/c1-5-28-20(15-8-6-14(2)7-9-15)24-25-21(28)31-13-19(29)23-16-10-11-17-18(12-16)27(4)22(30)26(17)3/h6-12H,5,13H2,1-4H3,(H,23,29). The van der Waals surface area contributed by atoms with Gasteiger partial charge >= 0.3 is 5.69 Å². The van der Waals surface area contributed by atoms with Crippen LogP contribution in [-0.4, -0.2) is 35.6 Å². The van der Waals surface area contributed by atoms with E-state index in [1.165, 1.54) is 17.3 Å². The molecular weight excluding hydrogens is 412 g/mol. The molecule has 1 N–H and O–H groups in total. The number of carbonyl (C=O) groups is 1. The molecule has 0 aliphatic rings. The molecule has 0 unspecified atom stereocenters.